The van der Waals surface area contributed by atoms with E-state index in [1.165, 1.54) is 19.1 Å². The highest BCUT2D eigenvalue weighted by Crippen LogP contribution is 2.33. The van der Waals surface area contributed by atoms with Gasteiger partial charge >= 0.3 is 6.18 Å². The number of amides is 1. The molecule has 0 saturated carbocycles. The Bertz CT molecular complexity index is 435. The predicted octanol–water partition coefficient (Wildman–Crippen LogP) is 2.98. The van der Waals surface area contributed by atoms with Gasteiger partial charge in [0.1, 0.15) is 0 Å². The first kappa shape index (κ1) is 17.7. The van der Waals surface area contributed by atoms with Crippen molar-refractivity contribution in [2.75, 3.05) is 18.9 Å². The van der Waals surface area contributed by atoms with Crippen LogP contribution in [0.4, 0.5) is 18.9 Å². The molecule has 0 aromatic heterocycles. The van der Waals surface area contributed by atoms with Gasteiger partial charge in [0.2, 0.25) is 5.91 Å². The van der Waals surface area contributed by atoms with Gasteiger partial charge in [-0.1, -0.05) is 6.07 Å². The van der Waals surface area contributed by atoms with Gasteiger partial charge in [-0.25, -0.2) is 0 Å². The maximum atomic E-state index is 12.6. The number of halogens is 4. The van der Waals surface area contributed by atoms with Crippen LogP contribution in [0.15, 0.2) is 18.2 Å². The van der Waals surface area contributed by atoms with E-state index >= 15 is 0 Å². The van der Waals surface area contributed by atoms with Crippen molar-refractivity contribution in [3.63, 3.8) is 0 Å². The van der Waals surface area contributed by atoms with Crippen molar-refractivity contribution in [2.24, 2.45) is 0 Å². The minimum Gasteiger partial charge on any atom is -0.326 e. The molecule has 108 valence electrons. The number of alkyl halides is 3. The van der Waals surface area contributed by atoms with Crippen LogP contribution in [0.2, 0.25) is 0 Å². The normalized spacial score (nSPS) is 10.8. The number of aryl methyl sites for hydroxylation is 1. The molecule has 0 spiro atoms. The average Bonchev–Trinajstić information content (AvgIpc) is 2.27. The first-order valence-electron chi connectivity index (χ1n) is 5.47. The Labute approximate surface area is 116 Å². The lowest BCUT2D eigenvalue weighted by Gasteiger charge is -2.12. The van der Waals surface area contributed by atoms with Gasteiger partial charge in [-0.15, -0.1) is 12.4 Å². The van der Waals surface area contributed by atoms with E-state index in [1.807, 2.05) is 0 Å². The van der Waals surface area contributed by atoms with Crippen LogP contribution in [0, 0.1) is 6.92 Å². The molecule has 2 N–H and O–H groups in total. The zero-order valence-corrected chi connectivity index (χ0v) is 11.4. The molecule has 1 aromatic rings. The minimum atomic E-state index is -4.41. The summed E-state index contributed by atoms with van der Waals surface area (Å²) in [7, 11) is 1.70. The Kier molecular flexibility index (Phi) is 6.86. The van der Waals surface area contributed by atoms with E-state index in [4.69, 9.17) is 0 Å². The topological polar surface area (TPSA) is 41.1 Å². The van der Waals surface area contributed by atoms with Gasteiger partial charge in [0.05, 0.1) is 5.56 Å². The summed E-state index contributed by atoms with van der Waals surface area (Å²) in [6.45, 7) is 1.86. The molecule has 0 aliphatic heterocycles. The van der Waals surface area contributed by atoms with Crippen molar-refractivity contribution in [1.82, 2.24) is 5.32 Å². The van der Waals surface area contributed by atoms with Gasteiger partial charge in [-0.2, -0.15) is 13.2 Å². The van der Waals surface area contributed by atoms with Crippen molar-refractivity contribution in [3.05, 3.63) is 29.3 Å². The largest absolute Gasteiger partial charge is 0.416 e. The standard InChI is InChI=1S/C12H15F3N2O.ClH/c1-8-3-4-9(7-10(8)12(13,14)15)17-11(18)5-6-16-2;/h3-4,7,16H,5-6H2,1-2H3,(H,17,18);1H. The number of hydrogen-bond donors (Lipinski definition) is 2. The van der Waals surface area contributed by atoms with E-state index < -0.39 is 11.7 Å². The molecule has 0 atom stereocenters. The fourth-order valence-electron chi connectivity index (χ4n) is 1.47. The highest BCUT2D eigenvalue weighted by molar-refractivity contribution is 5.90. The van der Waals surface area contributed by atoms with Crippen LogP contribution in [-0.2, 0) is 11.0 Å². The summed E-state index contributed by atoms with van der Waals surface area (Å²) in [6.07, 6.45) is -4.19. The third-order valence-corrected chi connectivity index (χ3v) is 2.43. The number of hydrogen-bond acceptors (Lipinski definition) is 2. The van der Waals surface area contributed by atoms with Gasteiger partial charge in [-0.3, -0.25) is 4.79 Å². The van der Waals surface area contributed by atoms with E-state index in [1.54, 1.807) is 7.05 Å². The van der Waals surface area contributed by atoms with E-state index in [2.05, 4.69) is 10.6 Å². The summed E-state index contributed by atoms with van der Waals surface area (Å²) in [5.41, 5.74) is -0.432. The molecule has 1 aromatic carbocycles. The molecular formula is C12H16ClF3N2O. The molecule has 1 rings (SSSR count). The van der Waals surface area contributed by atoms with Crippen LogP contribution < -0.4 is 10.6 Å². The molecule has 0 unspecified atom stereocenters. The SMILES string of the molecule is CNCCC(=O)Nc1ccc(C)c(C(F)(F)F)c1.Cl. The molecule has 0 radical (unpaired) electrons. The van der Waals surface area contributed by atoms with E-state index in [9.17, 15) is 18.0 Å². The summed E-state index contributed by atoms with van der Waals surface area (Å²) < 4.78 is 37.9. The van der Waals surface area contributed by atoms with Crippen LogP contribution in [0.1, 0.15) is 17.5 Å². The second-order valence-electron chi connectivity index (χ2n) is 3.93. The highest BCUT2D eigenvalue weighted by atomic mass is 35.5. The Morgan fingerprint density at radius 1 is 1.32 bits per heavy atom. The molecule has 7 heteroatoms. The number of anilines is 1. The number of nitrogens with one attached hydrogen (secondary N) is 2. The lowest BCUT2D eigenvalue weighted by atomic mass is 10.1. The first-order valence-corrected chi connectivity index (χ1v) is 5.47. The number of carbonyl (C=O) groups excluding carboxylic acids is 1. The fourth-order valence-corrected chi connectivity index (χ4v) is 1.47. The maximum Gasteiger partial charge on any atom is 0.416 e. The molecule has 0 aliphatic carbocycles. The monoisotopic (exact) mass is 296 g/mol. The van der Waals surface area contributed by atoms with Gasteiger partial charge in [0, 0.05) is 18.7 Å². The second-order valence-corrected chi connectivity index (χ2v) is 3.93. The molecule has 0 saturated heterocycles. The second kappa shape index (κ2) is 7.35. The minimum absolute atomic E-state index is 0. The molecule has 0 aliphatic rings. The van der Waals surface area contributed by atoms with Crippen molar-refractivity contribution >= 4 is 24.0 Å². The third kappa shape index (κ3) is 5.48. The molecule has 1 amide bonds. The molecule has 0 fully saturated rings. The predicted molar refractivity (Wildman–Crippen MR) is 70.6 cm³/mol. The fraction of sp³-hybridized carbons (Fsp3) is 0.417. The van der Waals surface area contributed by atoms with Crippen molar-refractivity contribution < 1.29 is 18.0 Å². The van der Waals surface area contributed by atoms with Crippen LogP contribution in [0.5, 0.6) is 0 Å². The van der Waals surface area contributed by atoms with Crippen LogP contribution in [-0.4, -0.2) is 19.5 Å². The Hall–Kier alpha value is -1.27. The maximum absolute atomic E-state index is 12.6. The summed E-state index contributed by atoms with van der Waals surface area (Å²) in [4.78, 5) is 11.4. The third-order valence-electron chi connectivity index (χ3n) is 2.43. The molecule has 19 heavy (non-hydrogen) atoms. The van der Waals surface area contributed by atoms with Gasteiger partial charge in [0.15, 0.2) is 0 Å². The van der Waals surface area contributed by atoms with Gasteiger partial charge in [-0.05, 0) is 31.7 Å². The summed E-state index contributed by atoms with van der Waals surface area (Å²) >= 11 is 0. The van der Waals surface area contributed by atoms with E-state index in [-0.39, 0.29) is 36.0 Å². The molecule has 3 nitrogen and oxygen atoms in total. The molecule has 0 heterocycles. The van der Waals surface area contributed by atoms with Crippen molar-refractivity contribution in [1.29, 1.82) is 0 Å². The zero-order valence-electron chi connectivity index (χ0n) is 10.6. The molecular weight excluding hydrogens is 281 g/mol. The lowest BCUT2D eigenvalue weighted by molar-refractivity contribution is -0.138. The van der Waals surface area contributed by atoms with Crippen LogP contribution >= 0.6 is 12.4 Å². The van der Waals surface area contributed by atoms with Crippen LogP contribution in [0.3, 0.4) is 0 Å². The van der Waals surface area contributed by atoms with Gasteiger partial charge < -0.3 is 10.6 Å². The van der Waals surface area contributed by atoms with E-state index in [0.29, 0.717) is 6.54 Å². The number of benzene rings is 1. The summed E-state index contributed by atoms with van der Waals surface area (Å²) in [5.74, 6) is -0.318. The van der Waals surface area contributed by atoms with Crippen molar-refractivity contribution in [2.45, 2.75) is 19.5 Å². The Balaban J connectivity index is 0.00000324. The summed E-state index contributed by atoms with van der Waals surface area (Å²) in [6, 6.07) is 3.75. The van der Waals surface area contributed by atoms with Crippen LogP contribution in [0.25, 0.3) is 0 Å². The Morgan fingerprint density at radius 2 is 1.95 bits per heavy atom. The lowest BCUT2D eigenvalue weighted by Crippen LogP contribution is -2.19. The number of rotatable bonds is 4. The van der Waals surface area contributed by atoms with E-state index in [0.717, 1.165) is 6.07 Å². The molecule has 0 bridgehead atoms. The smallest absolute Gasteiger partial charge is 0.326 e. The van der Waals surface area contributed by atoms with Gasteiger partial charge in [0.25, 0.3) is 0 Å². The zero-order chi connectivity index (χ0) is 13.8. The first-order chi connectivity index (χ1) is 8.34. The number of carbonyl (C=O) groups is 1. The quantitative estimate of drug-likeness (QED) is 0.897. The highest BCUT2D eigenvalue weighted by Gasteiger charge is 2.32. The van der Waals surface area contributed by atoms with Crippen molar-refractivity contribution in [3.8, 4) is 0 Å². The average molecular weight is 297 g/mol. The Morgan fingerprint density at radius 3 is 2.47 bits per heavy atom. The summed E-state index contributed by atoms with van der Waals surface area (Å²) in [5, 5.41) is 5.23.